The number of amides is 2. The Kier molecular flexibility index (Phi) is 4.00. The van der Waals surface area contributed by atoms with Gasteiger partial charge in [0.15, 0.2) is 0 Å². The van der Waals surface area contributed by atoms with Gasteiger partial charge < -0.3 is 15.7 Å². The zero-order valence-electron chi connectivity index (χ0n) is 11.8. The van der Waals surface area contributed by atoms with Gasteiger partial charge in [-0.2, -0.15) is 0 Å². The number of carbonyl (C=O) groups is 1. The van der Waals surface area contributed by atoms with Crippen molar-refractivity contribution >= 4 is 23.3 Å². The highest BCUT2D eigenvalue weighted by atomic mass is 35.5. The molecule has 22 heavy (non-hydrogen) atoms. The summed E-state index contributed by atoms with van der Waals surface area (Å²) in [7, 11) is 0. The summed E-state index contributed by atoms with van der Waals surface area (Å²) >= 11 is 5.76. The highest BCUT2D eigenvalue weighted by Gasteiger charge is 2.36. The SMILES string of the molecule is O=C(NCC1(O)CCc2ccccc21)Nc1ccnc(Cl)c1. The van der Waals surface area contributed by atoms with E-state index < -0.39 is 5.60 Å². The second-order valence-corrected chi connectivity index (χ2v) is 5.75. The van der Waals surface area contributed by atoms with E-state index in [9.17, 15) is 9.90 Å². The summed E-state index contributed by atoms with van der Waals surface area (Å²) in [5.74, 6) is 0. The molecule has 6 heteroatoms. The molecule has 114 valence electrons. The Bertz CT molecular complexity index is 707. The zero-order chi connectivity index (χ0) is 15.6. The van der Waals surface area contributed by atoms with Crippen LogP contribution in [-0.2, 0) is 12.0 Å². The third-order valence-electron chi connectivity index (χ3n) is 3.85. The number of anilines is 1. The van der Waals surface area contributed by atoms with Crippen molar-refractivity contribution in [1.82, 2.24) is 10.3 Å². The second-order valence-electron chi connectivity index (χ2n) is 5.36. The van der Waals surface area contributed by atoms with Crippen molar-refractivity contribution in [2.24, 2.45) is 0 Å². The molecular weight excluding hydrogens is 302 g/mol. The third kappa shape index (κ3) is 3.05. The number of aliphatic hydroxyl groups is 1. The predicted octanol–water partition coefficient (Wildman–Crippen LogP) is 2.69. The molecule has 0 aliphatic heterocycles. The van der Waals surface area contributed by atoms with E-state index >= 15 is 0 Å². The number of hydrogen-bond acceptors (Lipinski definition) is 3. The molecule has 1 aromatic carbocycles. The second kappa shape index (κ2) is 5.94. The van der Waals surface area contributed by atoms with Crippen LogP contribution in [0.4, 0.5) is 10.5 Å². The lowest BCUT2D eigenvalue weighted by atomic mass is 9.96. The number of nitrogens with zero attached hydrogens (tertiary/aromatic N) is 1. The first-order valence-corrected chi connectivity index (χ1v) is 7.42. The van der Waals surface area contributed by atoms with Crippen molar-refractivity contribution in [3.05, 3.63) is 58.9 Å². The molecule has 0 bridgehead atoms. The van der Waals surface area contributed by atoms with Crippen molar-refractivity contribution in [2.45, 2.75) is 18.4 Å². The van der Waals surface area contributed by atoms with Crippen LogP contribution in [0.3, 0.4) is 0 Å². The molecule has 1 heterocycles. The van der Waals surface area contributed by atoms with E-state index in [1.165, 1.54) is 6.20 Å². The topological polar surface area (TPSA) is 74.2 Å². The summed E-state index contributed by atoms with van der Waals surface area (Å²) < 4.78 is 0. The summed E-state index contributed by atoms with van der Waals surface area (Å²) in [4.78, 5) is 15.8. The number of urea groups is 1. The maximum absolute atomic E-state index is 11.9. The van der Waals surface area contributed by atoms with Gasteiger partial charge in [-0.25, -0.2) is 9.78 Å². The fourth-order valence-electron chi connectivity index (χ4n) is 2.73. The fourth-order valence-corrected chi connectivity index (χ4v) is 2.91. The normalized spacial score (nSPS) is 19.5. The highest BCUT2D eigenvalue weighted by Crippen LogP contribution is 2.36. The number of halogens is 1. The van der Waals surface area contributed by atoms with Gasteiger partial charge in [-0.05, 0) is 36.1 Å². The summed E-state index contributed by atoms with van der Waals surface area (Å²) in [6.45, 7) is 0.161. The summed E-state index contributed by atoms with van der Waals surface area (Å²) in [5, 5.41) is 16.4. The molecule has 5 nitrogen and oxygen atoms in total. The monoisotopic (exact) mass is 317 g/mol. The van der Waals surface area contributed by atoms with Crippen LogP contribution >= 0.6 is 11.6 Å². The molecule has 2 amide bonds. The Hall–Kier alpha value is -2.11. The number of hydrogen-bond donors (Lipinski definition) is 3. The molecule has 2 aromatic rings. The Morgan fingerprint density at radius 2 is 2.18 bits per heavy atom. The molecule has 1 unspecified atom stereocenters. The molecule has 0 spiro atoms. The predicted molar refractivity (Wildman–Crippen MR) is 84.9 cm³/mol. The van der Waals surface area contributed by atoms with E-state index in [0.717, 1.165) is 17.5 Å². The molecule has 1 atom stereocenters. The van der Waals surface area contributed by atoms with Crippen LogP contribution < -0.4 is 10.6 Å². The third-order valence-corrected chi connectivity index (χ3v) is 4.06. The smallest absolute Gasteiger partial charge is 0.319 e. The van der Waals surface area contributed by atoms with Crippen molar-refractivity contribution < 1.29 is 9.90 Å². The van der Waals surface area contributed by atoms with Crippen molar-refractivity contribution in [2.75, 3.05) is 11.9 Å². The van der Waals surface area contributed by atoms with E-state index in [4.69, 9.17) is 11.6 Å². The maximum atomic E-state index is 11.9. The lowest BCUT2D eigenvalue weighted by Gasteiger charge is -2.24. The van der Waals surface area contributed by atoms with Crippen LogP contribution in [0.2, 0.25) is 5.15 Å². The first kappa shape index (κ1) is 14.8. The molecular formula is C16H16ClN3O2. The average Bonchev–Trinajstić information content (AvgIpc) is 2.84. The average molecular weight is 318 g/mol. The van der Waals surface area contributed by atoms with Crippen LogP contribution in [0.15, 0.2) is 42.6 Å². The van der Waals surface area contributed by atoms with Gasteiger partial charge in [0.2, 0.25) is 0 Å². The van der Waals surface area contributed by atoms with Crippen molar-refractivity contribution in [1.29, 1.82) is 0 Å². The van der Waals surface area contributed by atoms with E-state index in [1.807, 2.05) is 24.3 Å². The standard InChI is InChI=1S/C16H16ClN3O2/c17-14-9-12(6-8-18-14)20-15(21)19-10-16(22)7-5-11-3-1-2-4-13(11)16/h1-4,6,8-9,22H,5,7,10H2,(H2,18,19,20,21). The maximum Gasteiger partial charge on any atom is 0.319 e. The van der Waals surface area contributed by atoms with Crippen molar-refractivity contribution in [3.63, 3.8) is 0 Å². The quantitative estimate of drug-likeness (QED) is 0.762. The first-order chi connectivity index (χ1) is 10.6. The van der Waals surface area contributed by atoms with E-state index in [1.54, 1.807) is 12.1 Å². The Morgan fingerprint density at radius 3 is 3.00 bits per heavy atom. The highest BCUT2D eigenvalue weighted by molar-refractivity contribution is 6.29. The molecule has 0 saturated carbocycles. The fraction of sp³-hybridized carbons (Fsp3) is 0.250. The number of fused-ring (bicyclic) bond motifs is 1. The van der Waals surface area contributed by atoms with Gasteiger partial charge in [0.1, 0.15) is 10.8 Å². The van der Waals surface area contributed by atoms with Crippen LogP contribution in [-0.4, -0.2) is 22.7 Å². The largest absolute Gasteiger partial charge is 0.383 e. The molecule has 0 radical (unpaired) electrons. The number of aromatic nitrogens is 1. The van der Waals surface area contributed by atoms with Crippen LogP contribution in [0.1, 0.15) is 17.5 Å². The summed E-state index contributed by atoms with van der Waals surface area (Å²) in [6.07, 6.45) is 2.93. The van der Waals surface area contributed by atoms with Gasteiger partial charge >= 0.3 is 6.03 Å². The van der Waals surface area contributed by atoms with Crippen LogP contribution in [0.5, 0.6) is 0 Å². The number of benzene rings is 1. The lowest BCUT2D eigenvalue weighted by molar-refractivity contribution is 0.0417. The Labute approximate surface area is 133 Å². The lowest BCUT2D eigenvalue weighted by Crippen LogP contribution is -2.41. The Balaban J connectivity index is 1.62. The van der Waals surface area contributed by atoms with Gasteiger partial charge in [0.05, 0.1) is 6.54 Å². The number of carbonyl (C=O) groups excluding carboxylic acids is 1. The van der Waals surface area contributed by atoms with E-state index in [-0.39, 0.29) is 12.6 Å². The van der Waals surface area contributed by atoms with Gasteiger partial charge in [0, 0.05) is 11.9 Å². The molecule has 1 aliphatic rings. The minimum Gasteiger partial charge on any atom is -0.383 e. The van der Waals surface area contributed by atoms with E-state index in [0.29, 0.717) is 17.3 Å². The Morgan fingerprint density at radius 1 is 1.36 bits per heavy atom. The molecule has 0 fully saturated rings. The molecule has 1 aliphatic carbocycles. The number of pyridine rings is 1. The minimum atomic E-state index is -1.01. The van der Waals surface area contributed by atoms with Gasteiger partial charge in [-0.3, -0.25) is 0 Å². The van der Waals surface area contributed by atoms with Gasteiger partial charge in [-0.1, -0.05) is 35.9 Å². The zero-order valence-corrected chi connectivity index (χ0v) is 12.6. The van der Waals surface area contributed by atoms with Gasteiger partial charge in [0.25, 0.3) is 0 Å². The molecule has 0 saturated heterocycles. The van der Waals surface area contributed by atoms with Crippen molar-refractivity contribution in [3.8, 4) is 0 Å². The summed E-state index contributed by atoms with van der Waals surface area (Å²) in [5.41, 5.74) is 1.57. The molecule has 3 N–H and O–H groups in total. The molecule has 1 aromatic heterocycles. The van der Waals surface area contributed by atoms with Gasteiger partial charge in [-0.15, -0.1) is 0 Å². The van der Waals surface area contributed by atoms with E-state index in [2.05, 4.69) is 15.6 Å². The van der Waals surface area contributed by atoms with Crippen LogP contribution in [0, 0.1) is 0 Å². The number of aryl methyl sites for hydroxylation is 1. The molecule has 3 rings (SSSR count). The number of rotatable bonds is 3. The summed E-state index contributed by atoms with van der Waals surface area (Å²) in [6, 6.07) is 10.6. The minimum absolute atomic E-state index is 0.161. The van der Waals surface area contributed by atoms with Crippen LogP contribution in [0.25, 0.3) is 0 Å². The first-order valence-electron chi connectivity index (χ1n) is 7.04. The number of nitrogens with one attached hydrogen (secondary N) is 2.